The summed E-state index contributed by atoms with van der Waals surface area (Å²) in [7, 11) is 0. The van der Waals surface area contributed by atoms with E-state index >= 15 is 0 Å². The highest BCUT2D eigenvalue weighted by molar-refractivity contribution is 6.30. The van der Waals surface area contributed by atoms with Crippen molar-refractivity contribution in [2.45, 2.75) is 19.0 Å². The lowest BCUT2D eigenvalue weighted by Gasteiger charge is -2.15. The molecule has 92 valence electrons. The van der Waals surface area contributed by atoms with Gasteiger partial charge in [0.25, 0.3) is 6.43 Å². The summed E-state index contributed by atoms with van der Waals surface area (Å²) < 4.78 is 62.6. The Labute approximate surface area is 97.6 Å². The third-order valence-corrected chi connectivity index (χ3v) is 2.28. The zero-order chi connectivity index (χ0) is 13.2. The van der Waals surface area contributed by atoms with Crippen molar-refractivity contribution in [1.29, 1.82) is 5.26 Å². The van der Waals surface area contributed by atoms with Gasteiger partial charge in [-0.25, -0.2) is 13.8 Å². The highest BCUT2D eigenvalue weighted by Crippen LogP contribution is 2.39. The van der Waals surface area contributed by atoms with Crippen LogP contribution in [0.5, 0.6) is 0 Å². The summed E-state index contributed by atoms with van der Waals surface area (Å²) in [6, 6.07) is 1.47. The van der Waals surface area contributed by atoms with Gasteiger partial charge in [0.15, 0.2) is 0 Å². The van der Waals surface area contributed by atoms with Crippen molar-refractivity contribution < 1.29 is 22.0 Å². The van der Waals surface area contributed by atoms with Crippen LogP contribution in [-0.2, 0) is 12.6 Å². The Morgan fingerprint density at radius 3 is 2.41 bits per heavy atom. The fourth-order valence-electron chi connectivity index (χ4n) is 1.26. The number of pyridine rings is 1. The first kappa shape index (κ1) is 13.6. The number of nitriles is 1. The lowest BCUT2D eigenvalue weighted by Crippen LogP contribution is -2.13. The third kappa shape index (κ3) is 2.82. The zero-order valence-electron chi connectivity index (χ0n) is 8.02. The first-order valence-electron chi connectivity index (χ1n) is 4.18. The molecule has 8 heteroatoms. The van der Waals surface area contributed by atoms with Gasteiger partial charge in [-0.15, -0.1) is 0 Å². The molecule has 0 atom stereocenters. The van der Waals surface area contributed by atoms with Gasteiger partial charge >= 0.3 is 6.18 Å². The highest BCUT2D eigenvalue weighted by Gasteiger charge is 2.38. The molecular formula is C9H4ClF5N2. The molecule has 0 aliphatic heterocycles. The molecule has 0 aliphatic rings. The molecule has 0 aliphatic carbocycles. The number of halogens is 6. The van der Waals surface area contributed by atoms with Crippen LogP contribution in [0.4, 0.5) is 22.0 Å². The van der Waals surface area contributed by atoms with Crippen LogP contribution in [0.25, 0.3) is 0 Å². The Balaban J connectivity index is 3.54. The third-order valence-electron chi connectivity index (χ3n) is 1.95. The molecule has 1 heterocycles. The van der Waals surface area contributed by atoms with E-state index in [1.165, 1.54) is 6.07 Å². The van der Waals surface area contributed by atoms with Crippen LogP contribution in [-0.4, -0.2) is 4.98 Å². The number of nitrogens with zero attached hydrogens (tertiary/aromatic N) is 2. The van der Waals surface area contributed by atoms with Crippen molar-refractivity contribution >= 4 is 11.6 Å². The quantitative estimate of drug-likeness (QED) is 0.606. The van der Waals surface area contributed by atoms with Gasteiger partial charge in [-0.2, -0.15) is 18.4 Å². The smallest absolute Gasteiger partial charge is 0.244 e. The van der Waals surface area contributed by atoms with Crippen LogP contribution in [0.15, 0.2) is 6.20 Å². The number of alkyl halides is 5. The van der Waals surface area contributed by atoms with Crippen molar-refractivity contribution in [3.63, 3.8) is 0 Å². The maximum absolute atomic E-state index is 12.6. The maximum atomic E-state index is 12.6. The average molecular weight is 271 g/mol. The molecule has 0 saturated heterocycles. The van der Waals surface area contributed by atoms with Gasteiger partial charge in [-0.1, -0.05) is 11.6 Å². The van der Waals surface area contributed by atoms with Gasteiger partial charge in [0.2, 0.25) is 0 Å². The second-order valence-corrected chi connectivity index (χ2v) is 3.35. The largest absolute Gasteiger partial charge is 0.418 e. The van der Waals surface area contributed by atoms with E-state index in [-0.39, 0.29) is 6.20 Å². The zero-order valence-corrected chi connectivity index (χ0v) is 8.78. The molecule has 0 amide bonds. The van der Waals surface area contributed by atoms with Gasteiger partial charge < -0.3 is 0 Å². The van der Waals surface area contributed by atoms with Gasteiger partial charge in [-0.3, -0.25) is 0 Å². The summed E-state index contributed by atoms with van der Waals surface area (Å²) >= 11 is 5.41. The molecule has 0 N–H and O–H groups in total. The van der Waals surface area contributed by atoms with E-state index in [4.69, 9.17) is 16.9 Å². The normalized spacial score (nSPS) is 11.6. The summed E-state index contributed by atoms with van der Waals surface area (Å²) in [5, 5.41) is 7.86. The molecule has 1 aromatic rings. The Morgan fingerprint density at radius 1 is 1.41 bits per heavy atom. The lowest BCUT2D eigenvalue weighted by atomic mass is 10.0. The summed E-state index contributed by atoms with van der Waals surface area (Å²) in [6.45, 7) is 0. The minimum atomic E-state index is -4.96. The molecule has 0 aromatic carbocycles. The van der Waals surface area contributed by atoms with Crippen molar-refractivity contribution in [3.05, 3.63) is 28.0 Å². The van der Waals surface area contributed by atoms with Gasteiger partial charge in [0.1, 0.15) is 5.15 Å². The second-order valence-electron chi connectivity index (χ2n) is 2.99. The molecule has 2 nitrogen and oxygen atoms in total. The van der Waals surface area contributed by atoms with E-state index < -0.39 is 40.9 Å². The Morgan fingerprint density at radius 2 is 2.00 bits per heavy atom. The van der Waals surface area contributed by atoms with E-state index in [9.17, 15) is 22.0 Å². The summed E-state index contributed by atoms with van der Waals surface area (Å²) in [4.78, 5) is 3.17. The monoisotopic (exact) mass is 270 g/mol. The van der Waals surface area contributed by atoms with Gasteiger partial charge in [0, 0.05) is 17.3 Å². The summed E-state index contributed by atoms with van der Waals surface area (Å²) in [5.41, 5.74) is -3.43. The second kappa shape index (κ2) is 4.84. The molecule has 0 saturated carbocycles. The highest BCUT2D eigenvalue weighted by atomic mass is 35.5. The Hall–Kier alpha value is -1.42. The van der Waals surface area contributed by atoms with Crippen molar-refractivity contribution in [3.8, 4) is 6.07 Å². The van der Waals surface area contributed by atoms with E-state index in [1.54, 1.807) is 0 Å². The molecule has 0 spiro atoms. The standard InChI is InChI=1S/C9H4ClF5N2/c10-7-4(1-2-16)6(8(11)12)5(3-17-7)9(13,14)15/h3,8H,1H2. The molecule has 1 aromatic heterocycles. The predicted octanol–water partition coefficient (Wildman–Crippen LogP) is 3.76. The Kier molecular flexibility index (Phi) is 3.88. The summed E-state index contributed by atoms with van der Waals surface area (Å²) in [6.07, 6.45) is -8.76. The number of hydrogen-bond donors (Lipinski definition) is 0. The maximum Gasteiger partial charge on any atom is 0.418 e. The minimum Gasteiger partial charge on any atom is -0.244 e. The predicted molar refractivity (Wildman–Crippen MR) is 48.5 cm³/mol. The molecule has 0 radical (unpaired) electrons. The van der Waals surface area contributed by atoms with E-state index in [1.807, 2.05) is 0 Å². The van der Waals surface area contributed by atoms with E-state index in [0.717, 1.165) is 0 Å². The van der Waals surface area contributed by atoms with E-state index in [2.05, 4.69) is 4.98 Å². The van der Waals surface area contributed by atoms with Crippen molar-refractivity contribution in [1.82, 2.24) is 4.98 Å². The van der Waals surface area contributed by atoms with Gasteiger partial charge in [0.05, 0.1) is 18.1 Å². The lowest BCUT2D eigenvalue weighted by molar-refractivity contribution is -0.139. The fourth-order valence-corrected chi connectivity index (χ4v) is 1.48. The molecule has 17 heavy (non-hydrogen) atoms. The molecule has 0 unspecified atom stereocenters. The van der Waals surface area contributed by atoms with Crippen molar-refractivity contribution in [2.24, 2.45) is 0 Å². The number of aromatic nitrogens is 1. The average Bonchev–Trinajstić information content (AvgIpc) is 2.18. The van der Waals surface area contributed by atoms with Crippen LogP contribution in [0.2, 0.25) is 5.15 Å². The van der Waals surface area contributed by atoms with Crippen LogP contribution in [0.1, 0.15) is 23.1 Å². The first-order chi connectivity index (χ1) is 7.79. The topological polar surface area (TPSA) is 36.7 Å². The SMILES string of the molecule is N#CCc1c(Cl)ncc(C(F)(F)F)c1C(F)F. The van der Waals surface area contributed by atoms with Crippen LogP contribution >= 0.6 is 11.6 Å². The van der Waals surface area contributed by atoms with Gasteiger partial charge in [-0.05, 0) is 0 Å². The molecule has 0 fully saturated rings. The Bertz CT molecular complexity index is 464. The number of rotatable bonds is 2. The van der Waals surface area contributed by atoms with Crippen LogP contribution < -0.4 is 0 Å². The fraction of sp³-hybridized carbons (Fsp3) is 0.333. The molecule has 0 bridgehead atoms. The summed E-state index contributed by atoms with van der Waals surface area (Å²) in [5.74, 6) is 0. The van der Waals surface area contributed by atoms with E-state index in [0.29, 0.717) is 0 Å². The minimum absolute atomic E-state index is 0.241. The molecule has 1 rings (SSSR count). The van der Waals surface area contributed by atoms with Crippen molar-refractivity contribution in [2.75, 3.05) is 0 Å². The van der Waals surface area contributed by atoms with Crippen LogP contribution in [0, 0.1) is 11.3 Å². The molecular weight excluding hydrogens is 267 g/mol. The first-order valence-corrected chi connectivity index (χ1v) is 4.56. The van der Waals surface area contributed by atoms with Crippen LogP contribution in [0.3, 0.4) is 0 Å². The number of hydrogen-bond acceptors (Lipinski definition) is 2.